The van der Waals surface area contributed by atoms with Gasteiger partial charge in [0.15, 0.2) is 0 Å². The Morgan fingerprint density at radius 3 is 2.67 bits per heavy atom. The average Bonchev–Trinajstić information content (AvgIpc) is 3.37. The van der Waals surface area contributed by atoms with Crippen LogP contribution in [0.3, 0.4) is 0 Å². The molecule has 0 unspecified atom stereocenters. The molecule has 3 nitrogen and oxygen atoms in total. The van der Waals surface area contributed by atoms with E-state index in [0.29, 0.717) is 6.04 Å². The van der Waals surface area contributed by atoms with Crippen LogP contribution in [-0.4, -0.2) is 43.7 Å². The van der Waals surface area contributed by atoms with Crippen molar-refractivity contribution in [3.8, 4) is 5.75 Å². The largest absolute Gasteiger partial charge is 0.496 e. The van der Waals surface area contributed by atoms with Crippen LogP contribution in [0.4, 0.5) is 0 Å². The highest BCUT2D eigenvalue weighted by Gasteiger charge is 2.31. The van der Waals surface area contributed by atoms with Gasteiger partial charge in [0.2, 0.25) is 0 Å². The fourth-order valence-corrected chi connectivity index (χ4v) is 3.13. The van der Waals surface area contributed by atoms with Crippen LogP contribution in [0.5, 0.6) is 5.75 Å². The van der Waals surface area contributed by atoms with E-state index in [4.69, 9.17) is 4.74 Å². The average molecular weight is 286 g/mol. The fourth-order valence-electron chi connectivity index (χ4n) is 3.13. The zero-order chi connectivity index (χ0) is 14.5. The molecule has 1 heterocycles. The Balaban J connectivity index is 1.40. The molecule has 0 aromatic heterocycles. The van der Waals surface area contributed by atoms with Crippen LogP contribution in [0.2, 0.25) is 0 Å². The van der Waals surface area contributed by atoms with Crippen molar-refractivity contribution in [3.05, 3.63) is 35.9 Å². The molecule has 0 radical (unpaired) electrons. The molecule has 1 aromatic rings. The number of benzene rings is 1. The quantitative estimate of drug-likeness (QED) is 0.870. The molecule has 114 valence electrons. The van der Waals surface area contributed by atoms with Gasteiger partial charge in [-0.25, -0.2) is 0 Å². The second-order valence-corrected chi connectivity index (χ2v) is 6.09. The van der Waals surface area contributed by atoms with Crippen molar-refractivity contribution < 1.29 is 4.74 Å². The highest BCUT2D eigenvalue weighted by Crippen LogP contribution is 2.29. The van der Waals surface area contributed by atoms with Crippen LogP contribution >= 0.6 is 0 Å². The summed E-state index contributed by atoms with van der Waals surface area (Å²) < 4.78 is 5.36. The van der Waals surface area contributed by atoms with Gasteiger partial charge in [0.25, 0.3) is 0 Å². The van der Waals surface area contributed by atoms with Crippen molar-refractivity contribution in [1.82, 2.24) is 10.2 Å². The van der Waals surface area contributed by atoms with Crippen LogP contribution in [0.25, 0.3) is 6.08 Å². The molecule has 0 amide bonds. The molecular formula is C18H26N2O. The lowest BCUT2D eigenvalue weighted by Gasteiger charge is -2.32. The highest BCUT2D eigenvalue weighted by atomic mass is 16.5. The molecule has 1 aliphatic carbocycles. The van der Waals surface area contributed by atoms with Gasteiger partial charge in [0, 0.05) is 24.2 Å². The lowest BCUT2D eigenvalue weighted by atomic mass is 10.0. The van der Waals surface area contributed by atoms with E-state index in [1.807, 2.05) is 18.2 Å². The van der Waals surface area contributed by atoms with E-state index in [-0.39, 0.29) is 0 Å². The second-order valence-electron chi connectivity index (χ2n) is 6.09. The van der Waals surface area contributed by atoms with Gasteiger partial charge >= 0.3 is 0 Å². The molecule has 1 aromatic carbocycles. The first-order valence-electron chi connectivity index (χ1n) is 8.14. The molecule has 21 heavy (non-hydrogen) atoms. The van der Waals surface area contributed by atoms with Crippen LogP contribution in [0, 0.1) is 0 Å². The Labute approximate surface area is 128 Å². The van der Waals surface area contributed by atoms with Gasteiger partial charge in [-0.2, -0.15) is 0 Å². The number of ether oxygens (including phenoxy) is 1. The smallest absolute Gasteiger partial charge is 0.126 e. The van der Waals surface area contributed by atoms with E-state index in [9.17, 15) is 0 Å². The molecule has 1 saturated heterocycles. The molecule has 2 fully saturated rings. The number of para-hydroxylation sites is 1. The predicted molar refractivity (Wildman–Crippen MR) is 87.6 cm³/mol. The summed E-state index contributed by atoms with van der Waals surface area (Å²) in [7, 11) is 1.72. The first-order chi connectivity index (χ1) is 10.4. The number of piperidine rings is 1. The number of methoxy groups -OCH3 is 1. The summed E-state index contributed by atoms with van der Waals surface area (Å²) >= 11 is 0. The lowest BCUT2D eigenvalue weighted by Crippen LogP contribution is -2.43. The van der Waals surface area contributed by atoms with Crippen molar-refractivity contribution in [2.75, 3.05) is 26.7 Å². The normalized spacial score (nSPS) is 21.0. The second kappa shape index (κ2) is 7.10. The van der Waals surface area contributed by atoms with Crippen molar-refractivity contribution in [3.63, 3.8) is 0 Å². The topological polar surface area (TPSA) is 24.5 Å². The SMILES string of the molecule is COc1ccccc1C=CCNC1CCN(C2CC2)CC1. The first-order valence-corrected chi connectivity index (χ1v) is 8.14. The standard InChI is InChI=1S/C18H26N2O/c1-21-18-7-3-2-5-15(18)6-4-12-19-16-10-13-20(14-11-16)17-8-9-17/h2-7,16-17,19H,8-14H2,1H3. The van der Waals surface area contributed by atoms with E-state index in [2.05, 4.69) is 28.4 Å². The maximum Gasteiger partial charge on any atom is 0.126 e. The third-order valence-corrected chi connectivity index (χ3v) is 4.55. The molecule has 1 saturated carbocycles. The monoisotopic (exact) mass is 286 g/mol. The van der Waals surface area contributed by atoms with E-state index in [1.54, 1.807) is 7.11 Å². The Kier molecular flexibility index (Phi) is 4.94. The van der Waals surface area contributed by atoms with Gasteiger partial charge in [-0.3, -0.25) is 0 Å². The number of nitrogens with zero attached hydrogens (tertiary/aromatic N) is 1. The number of nitrogens with one attached hydrogen (secondary N) is 1. The van der Waals surface area contributed by atoms with Crippen molar-refractivity contribution in [2.24, 2.45) is 0 Å². The van der Waals surface area contributed by atoms with Crippen LogP contribution in [0.15, 0.2) is 30.3 Å². The first kappa shape index (κ1) is 14.6. The van der Waals surface area contributed by atoms with Crippen LogP contribution in [-0.2, 0) is 0 Å². The molecular weight excluding hydrogens is 260 g/mol. The molecule has 0 spiro atoms. The van der Waals surface area contributed by atoms with Crippen LogP contribution < -0.4 is 10.1 Å². The van der Waals surface area contributed by atoms with E-state index in [0.717, 1.165) is 23.9 Å². The number of hydrogen-bond donors (Lipinski definition) is 1. The minimum atomic E-state index is 0.683. The highest BCUT2D eigenvalue weighted by molar-refractivity contribution is 5.57. The number of likely N-dealkylation sites (tertiary alicyclic amines) is 1. The molecule has 2 aliphatic rings. The van der Waals surface area contributed by atoms with E-state index < -0.39 is 0 Å². The van der Waals surface area contributed by atoms with Gasteiger partial charge < -0.3 is 15.0 Å². The molecule has 1 aliphatic heterocycles. The summed E-state index contributed by atoms with van der Waals surface area (Å²) in [5.41, 5.74) is 1.14. The Hall–Kier alpha value is -1.32. The van der Waals surface area contributed by atoms with Gasteiger partial charge in [-0.1, -0.05) is 30.4 Å². The Morgan fingerprint density at radius 2 is 1.95 bits per heavy atom. The summed E-state index contributed by atoms with van der Waals surface area (Å²) in [6.07, 6.45) is 9.79. The summed E-state index contributed by atoms with van der Waals surface area (Å²) in [4.78, 5) is 2.67. The summed E-state index contributed by atoms with van der Waals surface area (Å²) in [6, 6.07) is 9.74. The van der Waals surface area contributed by atoms with Crippen molar-refractivity contribution in [2.45, 2.75) is 37.8 Å². The zero-order valence-corrected chi connectivity index (χ0v) is 12.9. The molecule has 1 N–H and O–H groups in total. The lowest BCUT2D eigenvalue weighted by molar-refractivity contribution is 0.191. The van der Waals surface area contributed by atoms with E-state index in [1.165, 1.54) is 38.8 Å². The molecule has 0 atom stereocenters. The maximum absolute atomic E-state index is 5.36. The zero-order valence-electron chi connectivity index (χ0n) is 12.9. The maximum atomic E-state index is 5.36. The summed E-state index contributed by atoms with van der Waals surface area (Å²) in [5.74, 6) is 0.937. The fraction of sp³-hybridized carbons (Fsp3) is 0.556. The van der Waals surface area contributed by atoms with Crippen LogP contribution in [0.1, 0.15) is 31.2 Å². The van der Waals surface area contributed by atoms with Crippen molar-refractivity contribution in [1.29, 1.82) is 0 Å². The number of rotatable bonds is 6. The molecule has 0 bridgehead atoms. The van der Waals surface area contributed by atoms with Gasteiger partial charge in [-0.15, -0.1) is 0 Å². The minimum Gasteiger partial charge on any atom is -0.496 e. The third kappa shape index (κ3) is 4.08. The summed E-state index contributed by atoms with van der Waals surface area (Å²) in [5, 5.41) is 3.65. The molecule has 3 heteroatoms. The van der Waals surface area contributed by atoms with Gasteiger partial charge in [-0.05, 0) is 44.8 Å². The third-order valence-electron chi connectivity index (χ3n) is 4.55. The number of hydrogen-bond acceptors (Lipinski definition) is 3. The van der Waals surface area contributed by atoms with Crippen molar-refractivity contribution >= 4 is 6.08 Å². The van der Waals surface area contributed by atoms with Gasteiger partial charge in [0.05, 0.1) is 7.11 Å². The van der Waals surface area contributed by atoms with E-state index >= 15 is 0 Å². The van der Waals surface area contributed by atoms with Gasteiger partial charge in [0.1, 0.15) is 5.75 Å². The Bertz CT molecular complexity index is 474. The summed E-state index contributed by atoms with van der Waals surface area (Å²) in [6.45, 7) is 3.49. The predicted octanol–water partition coefficient (Wildman–Crippen LogP) is 2.92. The Morgan fingerprint density at radius 1 is 1.19 bits per heavy atom. The minimum absolute atomic E-state index is 0.683. The molecule has 3 rings (SSSR count).